The smallest absolute Gasteiger partial charge is 0.277 e. The highest BCUT2D eigenvalue weighted by Crippen LogP contribution is 2.27. The van der Waals surface area contributed by atoms with E-state index in [4.69, 9.17) is 16.0 Å². The molecule has 146 valence electrons. The van der Waals surface area contributed by atoms with E-state index in [0.717, 1.165) is 11.1 Å². The minimum Gasteiger partial charge on any atom is -0.411 e. The second-order valence-corrected chi connectivity index (χ2v) is 8.84. The molecule has 0 aliphatic heterocycles. The fourth-order valence-electron chi connectivity index (χ4n) is 2.49. The van der Waals surface area contributed by atoms with Crippen LogP contribution in [0.15, 0.2) is 52.1 Å². The summed E-state index contributed by atoms with van der Waals surface area (Å²) in [6, 6.07) is 13.5. The lowest BCUT2D eigenvalue weighted by atomic mass is 9.87. The number of carbonyl (C=O) groups excluding carboxylic acids is 1. The predicted octanol–water partition coefficient (Wildman–Crippen LogP) is 5.73. The largest absolute Gasteiger partial charge is 0.411 e. The van der Waals surface area contributed by atoms with Gasteiger partial charge in [0.25, 0.3) is 5.22 Å². The van der Waals surface area contributed by atoms with Crippen LogP contribution >= 0.6 is 23.4 Å². The minimum absolute atomic E-state index is 0.0867. The lowest BCUT2D eigenvalue weighted by Crippen LogP contribution is -2.14. The quantitative estimate of drug-likeness (QED) is 0.539. The zero-order valence-electron chi connectivity index (χ0n) is 16.2. The molecule has 0 saturated carbocycles. The molecular formula is C21H22ClN3O2S. The number of nitrogens with one attached hydrogen (secondary N) is 1. The van der Waals surface area contributed by atoms with Gasteiger partial charge >= 0.3 is 0 Å². The molecule has 0 aliphatic rings. The zero-order valence-corrected chi connectivity index (χ0v) is 17.8. The molecule has 1 aromatic heterocycles. The van der Waals surface area contributed by atoms with E-state index in [1.54, 1.807) is 6.07 Å². The molecule has 0 unspecified atom stereocenters. The van der Waals surface area contributed by atoms with Crippen LogP contribution in [-0.2, 0) is 10.2 Å². The van der Waals surface area contributed by atoms with Crippen molar-refractivity contribution in [3.05, 3.63) is 58.6 Å². The van der Waals surface area contributed by atoms with Crippen LogP contribution in [-0.4, -0.2) is 21.9 Å². The Morgan fingerprint density at radius 3 is 2.50 bits per heavy atom. The maximum Gasteiger partial charge on any atom is 0.277 e. The molecular weight excluding hydrogens is 394 g/mol. The number of anilines is 1. The Balaban J connectivity index is 1.58. The van der Waals surface area contributed by atoms with Crippen molar-refractivity contribution < 1.29 is 9.21 Å². The van der Waals surface area contributed by atoms with E-state index in [0.29, 0.717) is 21.8 Å². The molecule has 5 nitrogen and oxygen atoms in total. The first-order valence-corrected chi connectivity index (χ1v) is 10.2. The number of benzene rings is 2. The Hall–Kier alpha value is -2.31. The van der Waals surface area contributed by atoms with Gasteiger partial charge in [0, 0.05) is 16.3 Å². The van der Waals surface area contributed by atoms with Crippen molar-refractivity contribution >= 4 is 35.0 Å². The van der Waals surface area contributed by atoms with Gasteiger partial charge in [-0.1, -0.05) is 62.3 Å². The second kappa shape index (κ2) is 8.37. The van der Waals surface area contributed by atoms with Crippen LogP contribution in [0.5, 0.6) is 0 Å². The fourth-order valence-corrected chi connectivity index (χ4v) is 3.24. The highest BCUT2D eigenvalue weighted by molar-refractivity contribution is 7.99. The van der Waals surface area contributed by atoms with Crippen LogP contribution in [0.3, 0.4) is 0 Å². The van der Waals surface area contributed by atoms with E-state index in [1.807, 2.05) is 31.2 Å². The Bertz CT molecular complexity index is 978. The summed E-state index contributed by atoms with van der Waals surface area (Å²) in [7, 11) is 0. The molecule has 28 heavy (non-hydrogen) atoms. The third-order valence-corrected chi connectivity index (χ3v) is 5.41. The number of amides is 1. The van der Waals surface area contributed by atoms with Gasteiger partial charge in [-0.25, -0.2) is 0 Å². The van der Waals surface area contributed by atoms with Crippen molar-refractivity contribution in [3.8, 4) is 11.5 Å². The number of hydrogen-bond acceptors (Lipinski definition) is 5. The molecule has 7 heteroatoms. The third-order valence-electron chi connectivity index (χ3n) is 4.19. The summed E-state index contributed by atoms with van der Waals surface area (Å²) in [4.78, 5) is 12.1. The number of thioether (sulfide) groups is 1. The average molecular weight is 416 g/mol. The van der Waals surface area contributed by atoms with Crippen molar-refractivity contribution in [2.45, 2.75) is 38.3 Å². The van der Waals surface area contributed by atoms with Crippen molar-refractivity contribution in [3.63, 3.8) is 0 Å². The molecule has 0 spiro atoms. The summed E-state index contributed by atoms with van der Waals surface area (Å²) in [5.41, 5.74) is 3.79. The first-order valence-electron chi connectivity index (χ1n) is 8.85. The van der Waals surface area contributed by atoms with E-state index < -0.39 is 0 Å². The molecule has 0 saturated heterocycles. The van der Waals surface area contributed by atoms with E-state index in [1.165, 1.54) is 17.3 Å². The molecule has 0 radical (unpaired) electrons. The van der Waals surface area contributed by atoms with Gasteiger partial charge in [0.15, 0.2) is 0 Å². The third kappa shape index (κ3) is 5.14. The lowest BCUT2D eigenvalue weighted by Gasteiger charge is -2.18. The Morgan fingerprint density at radius 2 is 1.86 bits per heavy atom. The highest BCUT2D eigenvalue weighted by atomic mass is 35.5. The van der Waals surface area contributed by atoms with Crippen molar-refractivity contribution in [2.24, 2.45) is 0 Å². The summed E-state index contributed by atoms with van der Waals surface area (Å²) in [5.74, 6) is 0.434. The molecule has 3 aromatic rings. The van der Waals surface area contributed by atoms with Gasteiger partial charge in [0.1, 0.15) is 0 Å². The van der Waals surface area contributed by atoms with Crippen LogP contribution in [0.1, 0.15) is 31.9 Å². The fraction of sp³-hybridized carbons (Fsp3) is 0.286. The molecule has 3 rings (SSSR count). The van der Waals surface area contributed by atoms with Gasteiger partial charge in [0.2, 0.25) is 11.8 Å². The number of carbonyl (C=O) groups is 1. The van der Waals surface area contributed by atoms with Crippen molar-refractivity contribution in [1.82, 2.24) is 10.2 Å². The average Bonchev–Trinajstić information content (AvgIpc) is 3.12. The van der Waals surface area contributed by atoms with Crippen LogP contribution in [0.4, 0.5) is 5.69 Å². The molecule has 1 N–H and O–H groups in total. The summed E-state index contributed by atoms with van der Waals surface area (Å²) < 4.78 is 5.67. The number of halogens is 1. The topological polar surface area (TPSA) is 68.0 Å². The highest BCUT2D eigenvalue weighted by Gasteiger charge is 2.15. The maximum absolute atomic E-state index is 12.1. The monoisotopic (exact) mass is 415 g/mol. The molecule has 0 atom stereocenters. The first kappa shape index (κ1) is 20.4. The zero-order chi connectivity index (χ0) is 20.3. The summed E-state index contributed by atoms with van der Waals surface area (Å²) >= 11 is 7.27. The molecule has 1 amide bonds. The molecule has 0 fully saturated rings. The van der Waals surface area contributed by atoms with Crippen LogP contribution in [0.25, 0.3) is 11.5 Å². The first-order chi connectivity index (χ1) is 13.2. The minimum atomic E-state index is -0.167. The molecule has 0 aliphatic carbocycles. The summed E-state index contributed by atoms with van der Waals surface area (Å²) in [6.07, 6.45) is 0. The number of hydrogen-bond donors (Lipinski definition) is 1. The van der Waals surface area contributed by atoms with Gasteiger partial charge in [-0.05, 0) is 47.7 Å². The summed E-state index contributed by atoms with van der Waals surface area (Å²) in [6.45, 7) is 8.41. The number of aromatic nitrogens is 2. The standard InChI is InChI=1S/C21H22ClN3O2S/c1-13-5-10-16(11-17(13)22)23-18(26)12-28-20-25-24-19(27-20)14-6-8-15(9-7-14)21(2,3)4/h5-11H,12H2,1-4H3,(H,23,26). The summed E-state index contributed by atoms with van der Waals surface area (Å²) in [5, 5.41) is 11.9. The van der Waals surface area contributed by atoms with Crippen molar-refractivity contribution in [1.29, 1.82) is 0 Å². The lowest BCUT2D eigenvalue weighted by molar-refractivity contribution is -0.113. The normalized spacial score (nSPS) is 11.5. The maximum atomic E-state index is 12.1. The van der Waals surface area contributed by atoms with E-state index in [9.17, 15) is 4.79 Å². The van der Waals surface area contributed by atoms with E-state index >= 15 is 0 Å². The number of nitrogens with zero attached hydrogens (tertiary/aromatic N) is 2. The van der Waals surface area contributed by atoms with Crippen LogP contribution < -0.4 is 5.32 Å². The van der Waals surface area contributed by atoms with Gasteiger partial charge in [-0.2, -0.15) is 0 Å². The number of aryl methyl sites for hydroxylation is 1. The molecule has 0 bridgehead atoms. The molecule has 2 aromatic carbocycles. The van der Waals surface area contributed by atoms with Gasteiger partial charge in [-0.3, -0.25) is 4.79 Å². The van der Waals surface area contributed by atoms with E-state index in [-0.39, 0.29) is 17.1 Å². The predicted molar refractivity (Wildman–Crippen MR) is 114 cm³/mol. The van der Waals surface area contributed by atoms with Crippen molar-refractivity contribution in [2.75, 3.05) is 11.1 Å². The van der Waals surface area contributed by atoms with Gasteiger partial charge in [0.05, 0.1) is 5.75 Å². The number of rotatable bonds is 5. The van der Waals surface area contributed by atoms with Gasteiger partial charge in [-0.15, -0.1) is 10.2 Å². The van der Waals surface area contributed by atoms with Crippen LogP contribution in [0.2, 0.25) is 5.02 Å². The Kier molecular flexibility index (Phi) is 6.10. The second-order valence-electron chi connectivity index (χ2n) is 7.50. The SMILES string of the molecule is Cc1ccc(NC(=O)CSc2nnc(-c3ccc(C(C)(C)C)cc3)o2)cc1Cl. The van der Waals surface area contributed by atoms with Gasteiger partial charge < -0.3 is 9.73 Å². The van der Waals surface area contributed by atoms with E-state index in [2.05, 4.69) is 48.4 Å². The Morgan fingerprint density at radius 1 is 1.14 bits per heavy atom. The Labute approximate surface area is 173 Å². The van der Waals surface area contributed by atoms with Crippen LogP contribution in [0, 0.1) is 6.92 Å². The molecule has 1 heterocycles.